The average Bonchev–Trinajstić information content (AvgIpc) is 2.92. The van der Waals surface area contributed by atoms with Crippen LogP contribution in [0, 0.1) is 5.92 Å². The molecule has 0 bridgehead atoms. The zero-order valence-corrected chi connectivity index (χ0v) is 27.2. The summed E-state index contributed by atoms with van der Waals surface area (Å²) in [4.78, 5) is 0. The lowest BCUT2D eigenvalue weighted by Crippen LogP contribution is -2.41. The quantitative estimate of drug-likeness (QED) is 0.0660. The Labute approximate surface area is 242 Å². The van der Waals surface area contributed by atoms with Gasteiger partial charge in [-0.05, 0) is 31.6 Å². The van der Waals surface area contributed by atoms with E-state index in [2.05, 4.69) is 33.0 Å². The maximum atomic E-state index is 10.5. The Morgan fingerprint density at radius 1 is 0.421 bits per heavy atom. The number of hydrogen-bond acceptors (Lipinski definition) is 2. The Morgan fingerprint density at radius 2 is 0.711 bits per heavy atom. The van der Waals surface area contributed by atoms with E-state index in [0.29, 0.717) is 12.0 Å². The van der Waals surface area contributed by atoms with Crippen molar-refractivity contribution < 1.29 is 5.11 Å². The van der Waals surface area contributed by atoms with Crippen molar-refractivity contribution in [2.45, 2.75) is 226 Å². The minimum absolute atomic E-state index is 0.317. The fourth-order valence-electron chi connectivity index (χ4n) is 6.06. The molecule has 0 saturated heterocycles. The van der Waals surface area contributed by atoms with Gasteiger partial charge < -0.3 is 5.11 Å². The number of unbranched alkanes of at least 4 members (excludes halogenated alkanes) is 24. The molecule has 0 aromatic carbocycles. The number of rotatable bonds is 32. The molecular formula is C36H75NO. The Balaban J connectivity index is 3.38. The van der Waals surface area contributed by atoms with E-state index >= 15 is 0 Å². The molecule has 0 aromatic heterocycles. The van der Waals surface area contributed by atoms with Crippen LogP contribution in [0.4, 0.5) is 0 Å². The van der Waals surface area contributed by atoms with Crippen molar-refractivity contribution in [3.8, 4) is 0 Å². The molecule has 2 heteroatoms. The zero-order chi connectivity index (χ0) is 27.9. The van der Waals surface area contributed by atoms with Gasteiger partial charge in [-0.2, -0.15) is 0 Å². The highest BCUT2D eigenvalue weighted by atomic mass is 16.3. The Bertz CT molecular complexity index is 426. The second-order valence-corrected chi connectivity index (χ2v) is 12.7. The van der Waals surface area contributed by atoms with Crippen molar-refractivity contribution >= 4 is 0 Å². The van der Waals surface area contributed by atoms with Crippen LogP contribution in [-0.4, -0.2) is 17.4 Å². The van der Waals surface area contributed by atoms with Crippen LogP contribution in [0.1, 0.15) is 214 Å². The predicted molar refractivity (Wildman–Crippen MR) is 173 cm³/mol. The lowest BCUT2D eigenvalue weighted by molar-refractivity contribution is 0.0963. The van der Waals surface area contributed by atoms with Crippen LogP contribution in [-0.2, 0) is 0 Å². The van der Waals surface area contributed by atoms with E-state index in [4.69, 9.17) is 0 Å². The van der Waals surface area contributed by atoms with Crippen LogP contribution in [0.2, 0.25) is 0 Å². The highest BCUT2D eigenvalue weighted by Crippen LogP contribution is 2.19. The van der Waals surface area contributed by atoms with Gasteiger partial charge in [-0.3, -0.25) is 5.32 Å². The van der Waals surface area contributed by atoms with Gasteiger partial charge in [-0.25, -0.2) is 0 Å². The van der Waals surface area contributed by atoms with Gasteiger partial charge in [0, 0.05) is 6.04 Å². The molecule has 38 heavy (non-hydrogen) atoms. The largest absolute Gasteiger partial charge is 0.379 e. The summed E-state index contributed by atoms with van der Waals surface area (Å²) in [5, 5.41) is 14.0. The van der Waals surface area contributed by atoms with Gasteiger partial charge in [0.15, 0.2) is 0 Å². The van der Waals surface area contributed by atoms with Crippen molar-refractivity contribution in [3.63, 3.8) is 0 Å². The van der Waals surface area contributed by atoms with Crippen LogP contribution < -0.4 is 5.32 Å². The number of nitrogens with one attached hydrogen (secondary N) is 1. The van der Waals surface area contributed by atoms with Crippen molar-refractivity contribution in [3.05, 3.63) is 0 Å². The van der Waals surface area contributed by atoms with Crippen LogP contribution in [0.3, 0.4) is 0 Å². The standard InChI is InChI=1S/C36H75NO/c1-5-8-10-12-13-14-15-16-17-18-19-20-21-22-23-24-25-26-27-29-31-33-36(38)37-35(7-3)34(4)32-30-28-11-9-6-2/h34-38H,5-33H2,1-4H3. The predicted octanol–water partition coefficient (Wildman–Crippen LogP) is 12.3. The Kier molecular flexibility index (Phi) is 31.4. The van der Waals surface area contributed by atoms with Gasteiger partial charge in [-0.1, -0.05) is 188 Å². The maximum absolute atomic E-state index is 10.5. The summed E-state index contributed by atoms with van der Waals surface area (Å²) in [5.74, 6) is 0.663. The molecule has 0 aliphatic rings. The third-order valence-electron chi connectivity index (χ3n) is 8.88. The highest BCUT2D eigenvalue weighted by Gasteiger charge is 2.17. The summed E-state index contributed by atoms with van der Waals surface area (Å²) in [6, 6.07) is 0.464. The van der Waals surface area contributed by atoms with Crippen LogP contribution in [0.5, 0.6) is 0 Å². The maximum Gasteiger partial charge on any atom is 0.105 e. The summed E-state index contributed by atoms with van der Waals surface area (Å²) in [7, 11) is 0. The molecular weight excluding hydrogens is 462 g/mol. The lowest BCUT2D eigenvalue weighted by atomic mass is 9.93. The molecule has 2 N–H and O–H groups in total. The highest BCUT2D eigenvalue weighted by molar-refractivity contribution is 4.73. The second-order valence-electron chi connectivity index (χ2n) is 12.7. The summed E-state index contributed by atoms with van der Waals surface area (Å²) < 4.78 is 0. The molecule has 0 heterocycles. The van der Waals surface area contributed by atoms with Crippen LogP contribution in [0.25, 0.3) is 0 Å². The number of aliphatic hydroxyl groups is 1. The summed E-state index contributed by atoms with van der Waals surface area (Å²) in [5.41, 5.74) is 0. The van der Waals surface area contributed by atoms with Gasteiger partial charge in [0.2, 0.25) is 0 Å². The molecule has 0 spiro atoms. The van der Waals surface area contributed by atoms with Crippen molar-refractivity contribution in [2.75, 3.05) is 0 Å². The Hall–Kier alpha value is -0.0800. The molecule has 0 fully saturated rings. The first-order chi connectivity index (χ1) is 18.7. The normalized spacial score (nSPS) is 14.1. The summed E-state index contributed by atoms with van der Waals surface area (Å²) in [6.07, 6.45) is 39.6. The third-order valence-corrected chi connectivity index (χ3v) is 8.88. The molecule has 0 radical (unpaired) electrons. The minimum atomic E-state index is -0.317. The number of aliphatic hydroxyl groups excluding tert-OH is 1. The first-order valence-electron chi connectivity index (χ1n) is 18.1. The van der Waals surface area contributed by atoms with Gasteiger partial charge in [0.1, 0.15) is 6.23 Å². The monoisotopic (exact) mass is 538 g/mol. The van der Waals surface area contributed by atoms with Crippen LogP contribution in [0.15, 0.2) is 0 Å². The fourth-order valence-corrected chi connectivity index (χ4v) is 6.06. The van der Waals surface area contributed by atoms with E-state index < -0.39 is 0 Å². The number of hydrogen-bond donors (Lipinski definition) is 2. The molecule has 3 unspecified atom stereocenters. The third kappa shape index (κ3) is 27.5. The molecule has 0 aromatic rings. The minimum Gasteiger partial charge on any atom is -0.379 e. The molecule has 0 aliphatic heterocycles. The van der Waals surface area contributed by atoms with E-state index in [1.165, 1.54) is 167 Å². The van der Waals surface area contributed by atoms with Gasteiger partial charge >= 0.3 is 0 Å². The average molecular weight is 538 g/mol. The topological polar surface area (TPSA) is 32.3 Å². The lowest BCUT2D eigenvalue weighted by Gasteiger charge is -2.27. The first kappa shape index (κ1) is 37.9. The van der Waals surface area contributed by atoms with E-state index in [1.807, 2.05) is 0 Å². The van der Waals surface area contributed by atoms with Gasteiger partial charge in [0.25, 0.3) is 0 Å². The molecule has 0 amide bonds. The Morgan fingerprint density at radius 3 is 1.03 bits per heavy atom. The summed E-state index contributed by atoms with van der Waals surface area (Å²) >= 11 is 0. The van der Waals surface area contributed by atoms with Crippen LogP contribution >= 0.6 is 0 Å². The van der Waals surface area contributed by atoms with Crippen molar-refractivity contribution in [1.29, 1.82) is 0 Å². The van der Waals surface area contributed by atoms with Crippen molar-refractivity contribution in [1.82, 2.24) is 5.32 Å². The van der Waals surface area contributed by atoms with Crippen molar-refractivity contribution in [2.24, 2.45) is 5.92 Å². The molecule has 0 rings (SSSR count). The SMILES string of the molecule is CCCCCCCCCCCCCCCCCCCCCCCC(O)NC(CC)C(C)CCCCCCC. The van der Waals surface area contributed by atoms with E-state index in [1.54, 1.807) is 0 Å². The van der Waals surface area contributed by atoms with E-state index in [-0.39, 0.29) is 6.23 Å². The molecule has 3 atom stereocenters. The zero-order valence-electron chi connectivity index (χ0n) is 27.2. The van der Waals surface area contributed by atoms with E-state index in [9.17, 15) is 5.11 Å². The van der Waals surface area contributed by atoms with Gasteiger partial charge in [-0.15, -0.1) is 0 Å². The molecule has 0 saturated carbocycles. The van der Waals surface area contributed by atoms with Gasteiger partial charge in [0.05, 0.1) is 0 Å². The molecule has 230 valence electrons. The first-order valence-corrected chi connectivity index (χ1v) is 18.1. The smallest absolute Gasteiger partial charge is 0.105 e. The molecule has 2 nitrogen and oxygen atoms in total. The van der Waals surface area contributed by atoms with E-state index in [0.717, 1.165) is 19.3 Å². The second kappa shape index (κ2) is 31.4. The fraction of sp³-hybridized carbons (Fsp3) is 1.00. The summed E-state index contributed by atoms with van der Waals surface area (Å²) in [6.45, 7) is 9.21. The molecule has 0 aliphatic carbocycles.